The monoisotopic (exact) mass is 396 g/mol. The van der Waals surface area contributed by atoms with Crippen LogP contribution in [-0.4, -0.2) is 37.2 Å². The van der Waals surface area contributed by atoms with Gasteiger partial charge in [0.15, 0.2) is 0 Å². The third-order valence-corrected chi connectivity index (χ3v) is 4.09. The zero-order chi connectivity index (χ0) is 21.1. The van der Waals surface area contributed by atoms with E-state index in [4.69, 9.17) is 9.47 Å². The number of carbonyl (C=O) groups is 3. The molecule has 0 heterocycles. The van der Waals surface area contributed by atoms with Crippen molar-refractivity contribution in [2.75, 3.05) is 7.11 Å². The van der Waals surface area contributed by atoms with E-state index in [2.05, 4.69) is 17.2 Å². The molecule has 0 spiro atoms. The number of alkyl carbamates (subject to hydrolysis) is 1. The fourth-order valence-electron chi connectivity index (χ4n) is 2.57. The van der Waals surface area contributed by atoms with E-state index >= 15 is 0 Å². The average Bonchev–Trinajstić information content (AvgIpc) is 2.76. The van der Waals surface area contributed by atoms with Gasteiger partial charge in [0.05, 0.1) is 7.11 Å². The van der Waals surface area contributed by atoms with E-state index in [1.807, 2.05) is 60.7 Å². The van der Waals surface area contributed by atoms with Crippen molar-refractivity contribution in [3.05, 3.63) is 84.4 Å². The predicted octanol–water partition coefficient (Wildman–Crippen LogP) is 2.37. The van der Waals surface area contributed by atoms with Gasteiger partial charge in [0.1, 0.15) is 18.7 Å². The molecule has 7 heteroatoms. The van der Waals surface area contributed by atoms with E-state index in [1.54, 1.807) is 0 Å². The van der Waals surface area contributed by atoms with Crippen LogP contribution in [0.3, 0.4) is 0 Å². The lowest BCUT2D eigenvalue weighted by molar-refractivity contribution is -0.145. The zero-order valence-corrected chi connectivity index (χ0v) is 16.2. The molecule has 0 unspecified atom stereocenters. The van der Waals surface area contributed by atoms with Crippen molar-refractivity contribution >= 4 is 18.0 Å². The Balaban J connectivity index is 1.94. The van der Waals surface area contributed by atoms with Crippen LogP contribution < -0.4 is 10.6 Å². The Kier molecular flexibility index (Phi) is 8.44. The highest BCUT2D eigenvalue weighted by Crippen LogP contribution is 2.06. The fraction of sp³-hybridized carbons (Fsp3) is 0.227. The summed E-state index contributed by atoms with van der Waals surface area (Å²) in [4.78, 5) is 36.6. The summed E-state index contributed by atoms with van der Waals surface area (Å²) in [5.41, 5.74) is 1.67. The fourth-order valence-corrected chi connectivity index (χ4v) is 2.57. The Bertz CT molecular complexity index is 824. The highest BCUT2D eigenvalue weighted by Gasteiger charge is 2.26. The van der Waals surface area contributed by atoms with Crippen LogP contribution in [-0.2, 0) is 32.1 Å². The number of hydrogen-bond acceptors (Lipinski definition) is 5. The second kappa shape index (κ2) is 11.3. The number of rotatable bonds is 9. The molecular formula is C22H24N2O5. The van der Waals surface area contributed by atoms with Crippen LogP contribution in [0.5, 0.6) is 0 Å². The minimum absolute atomic E-state index is 0.0664. The largest absolute Gasteiger partial charge is 0.467 e. The number of hydrogen-bond donors (Lipinski definition) is 2. The number of methoxy groups -OCH3 is 1. The van der Waals surface area contributed by atoms with Crippen LogP contribution in [0.25, 0.3) is 0 Å². The summed E-state index contributed by atoms with van der Waals surface area (Å²) < 4.78 is 9.89. The van der Waals surface area contributed by atoms with Gasteiger partial charge in [0.25, 0.3) is 0 Å². The molecule has 0 saturated heterocycles. The van der Waals surface area contributed by atoms with E-state index in [0.29, 0.717) is 0 Å². The standard InChI is InChI=1S/C22H24N2O5/c1-3-18(24-22(27)29-15-17-12-8-5-9-13-17)20(25)23-19(21(26)28-2)14-16-10-6-4-7-11-16/h3-13,18-19H,1,14-15H2,2H3,(H,23,25)(H,24,27)/t18-,19-/m0/s1. The highest BCUT2D eigenvalue weighted by atomic mass is 16.5. The first-order chi connectivity index (χ1) is 14.0. The topological polar surface area (TPSA) is 93.7 Å². The van der Waals surface area contributed by atoms with Crippen molar-refractivity contribution in [2.45, 2.75) is 25.1 Å². The third-order valence-electron chi connectivity index (χ3n) is 4.09. The summed E-state index contributed by atoms with van der Waals surface area (Å²) in [5.74, 6) is -1.18. The zero-order valence-electron chi connectivity index (χ0n) is 16.2. The Hall–Kier alpha value is -3.61. The van der Waals surface area contributed by atoms with Crippen LogP contribution in [0, 0.1) is 0 Å². The summed E-state index contributed by atoms with van der Waals surface area (Å²) >= 11 is 0. The molecule has 2 amide bonds. The van der Waals surface area contributed by atoms with Crippen molar-refractivity contribution in [3.63, 3.8) is 0 Å². The maximum absolute atomic E-state index is 12.5. The molecule has 152 valence electrons. The number of benzene rings is 2. The van der Waals surface area contributed by atoms with Crippen LogP contribution in [0.1, 0.15) is 11.1 Å². The molecule has 0 fully saturated rings. The second-order valence-electron chi connectivity index (χ2n) is 6.19. The quantitative estimate of drug-likeness (QED) is 0.501. The van der Waals surface area contributed by atoms with Crippen LogP contribution in [0.4, 0.5) is 4.79 Å². The van der Waals surface area contributed by atoms with Crippen molar-refractivity contribution in [1.29, 1.82) is 0 Å². The molecule has 29 heavy (non-hydrogen) atoms. The first-order valence-corrected chi connectivity index (χ1v) is 9.05. The number of amides is 2. The Morgan fingerprint density at radius 1 is 0.966 bits per heavy atom. The molecule has 2 rings (SSSR count). The van der Waals surface area contributed by atoms with Gasteiger partial charge >= 0.3 is 12.1 Å². The lowest BCUT2D eigenvalue weighted by Crippen LogP contribution is -2.51. The third kappa shape index (κ3) is 7.14. The van der Waals surface area contributed by atoms with E-state index in [9.17, 15) is 14.4 Å². The van der Waals surface area contributed by atoms with Gasteiger partial charge < -0.3 is 20.1 Å². The molecule has 0 aliphatic carbocycles. The van der Waals surface area contributed by atoms with Gasteiger partial charge in [0.2, 0.25) is 5.91 Å². The van der Waals surface area contributed by atoms with Gasteiger partial charge in [-0.15, -0.1) is 6.58 Å². The van der Waals surface area contributed by atoms with Crippen LogP contribution in [0.2, 0.25) is 0 Å². The van der Waals surface area contributed by atoms with Gasteiger partial charge in [-0.2, -0.15) is 0 Å². The molecule has 2 atom stereocenters. The minimum Gasteiger partial charge on any atom is -0.467 e. The molecule has 0 aromatic heterocycles. The second-order valence-corrected chi connectivity index (χ2v) is 6.19. The predicted molar refractivity (Wildman–Crippen MR) is 108 cm³/mol. The van der Waals surface area contributed by atoms with Gasteiger partial charge in [-0.1, -0.05) is 66.7 Å². The number of carbonyl (C=O) groups excluding carboxylic acids is 3. The van der Waals surface area contributed by atoms with Crippen molar-refractivity contribution in [1.82, 2.24) is 10.6 Å². The lowest BCUT2D eigenvalue weighted by Gasteiger charge is -2.20. The molecule has 0 saturated carbocycles. The molecule has 7 nitrogen and oxygen atoms in total. The highest BCUT2D eigenvalue weighted by molar-refractivity contribution is 5.91. The van der Waals surface area contributed by atoms with Crippen molar-refractivity contribution < 1.29 is 23.9 Å². The van der Waals surface area contributed by atoms with E-state index in [-0.39, 0.29) is 13.0 Å². The van der Waals surface area contributed by atoms with Gasteiger partial charge in [-0.25, -0.2) is 9.59 Å². The summed E-state index contributed by atoms with van der Waals surface area (Å²) in [6, 6.07) is 16.4. The molecule has 2 aromatic carbocycles. The smallest absolute Gasteiger partial charge is 0.408 e. The minimum atomic E-state index is -1.07. The summed E-state index contributed by atoms with van der Waals surface area (Å²) in [5, 5.41) is 5.01. The number of esters is 1. The Morgan fingerprint density at radius 2 is 1.55 bits per heavy atom. The molecule has 0 aliphatic heterocycles. The van der Waals surface area contributed by atoms with Gasteiger partial charge in [-0.3, -0.25) is 4.79 Å². The molecule has 2 N–H and O–H groups in total. The summed E-state index contributed by atoms with van der Waals surface area (Å²) in [6.07, 6.45) is 0.740. The maximum atomic E-state index is 12.5. The first kappa shape index (κ1) is 21.7. The molecule has 2 aromatic rings. The Morgan fingerprint density at radius 3 is 2.10 bits per heavy atom. The molecule has 0 bridgehead atoms. The molecule has 0 radical (unpaired) electrons. The lowest BCUT2D eigenvalue weighted by atomic mass is 10.1. The molecule has 0 aliphatic rings. The average molecular weight is 396 g/mol. The van der Waals surface area contributed by atoms with E-state index in [1.165, 1.54) is 13.2 Å². The molecular weight excluding hydrogens is 372 g/mol. The SMILES string of the molecule is C=C[C@H](NC(=O)OCc1ccccc1)C(=O)N[C@@H](Cc1ccccc1)C(=O)OC. The normalized spacial score (nSPS) is 12.2. The number of ether oxygens (including phenoxy) is 2. The van der Waals surface area contributed by atoms with Crippen molar-refractivity contribution in [2.24, 2.45) is 0 Å². The van der Waals surface area contributed by atoms with E-state index < -0.39 is 30.1 Å². The summed E-state index contributed by atoms with van der Waals surface area (Å²) in [7, 11) is 1.25. The first-order valence-electron chi connectivity index (χ1n) is 9.05. The summed E-state index contributed by atoms with van der Waals surface area (Å²) in [6.45, 7) is 3.63. The Labute approximate surface area is 169 Å². The van der Waals surface area contributed by atoms with Crippen LogP contribution >= 0.6 is 0 Å². The van der Waals surface area contributed by atoms with Gasteiger partial charge in [0, 0.05) is 6.42 Å². The van der Waals surface area contributed by atoms with Crippen LogP contribution in [0.15, 0.2) is 73.3 Å². The van der Waals surface area contributed by atoms with Gasteiger partial charge in [-0.05, 0) is 11.1 Å². The maximum Gasteiger partial charge on any atom is 0.408 e. The van der Waals surface area contributed by atoms with E-state index in [0.717, 1.165) is 11.1 Å². The van der Waals surface area contributed by atoms with Crippen molar-refractivity contribution in [3.8, 4) is 0 Å². The number of nitrogens with one attached hydrogen (secondary N) is 2.